The number of nitrogens with zero attached hydrogens (tertiary/aromatic N) is 2. The molecule has 0 saturated carbocycles. The third-order valence-corrected chi connectivity index (χ3v) is 11.5. The van der Waals surface area contributed by atoms with Crippen LogP contribution in [-0.4, -0.2) is 9.13 Å². The average molecular weight is 695 g/mol. The first-order valence-corrected chi connectivity index (χ1v) is 19.0. The van der Waals surface area contributed by atoms with Gasteiger partial charge in [0.15, 0.2) is 0 Å². The lowest BCUT2D eigenvalue weighted by Gasteiger charge is -2.38. The Kier molecular flexibility index (Phi) is 7.09. The minimum atomic E-state index is -0.0920. The molecule has 0 fully saturated rings. The van der Waals surface area contributed by atoms with Crippen LogP contribution in [0.1, 0.15) is 30.6 Å². The second-order valence-corrected chi connectivity index (χ2v) is 14.6. The highest BCUT2D eigenvalue weighted by Crippen LogP contribution is 2.45. The first kappa shape index (κ1) is 30.8. The van der Waals surface area contributed by atoms with Gasteiger partial charge in [-0.3, -0.25) is 0 Å². The highest BCUT2D eigenvalue weighted by Gasteiger charge is 2.32. The van der Waals surface area contributed by atoms with Gasteiger partial charge in [-0.1, -0.05) is 127 Å². The zero-order valence-electron chi connectivity index (χ0n) is 29.8. The van der Waals surface area contributed by atoms with E-state index < -0.39 is 0 Å². The summed E-state index contributed by atoms with van der Waals surface area (Å²) in [5.74, 6) is 0. The van der Waals surface area contributed by atoms with Crippen molar-refractivity contribution in [1.82, 2.24) is 9.13 Å². The van der Waals surface area contributed by atoms with Crippen LogP contribution in [-0.2, 0) is 0 Å². The molecule has 258 valence electrons. The van der Waals surface area contributed by atoms with Gasteiger partial charge in [0.1, 0.15) is 6.17 Å². The molecule has 0 amide bonds. The fourth-order valence-electron chi connectivity index (χ4n) is 8.94. The number of para-hydroxylation sites is 3. The Morgan fingerprint density at radius 2 is 1.07 bits per heavy atom. The first-order valence-electron chi connectivity index (χ1n) is 19.0. The Labute approximate surface area is 314 Å². The quantitative estimate of drug-likeness (QED) is 0.188. The van der Waals surface area contributed by atoms with Gasteiger partial charge in [-0.2, -0.15) is 0 Å². The van der Waals surface area contributed by atoms with E-state index >= 15 is 0 Å². The molecular weight excluding hydrogens is 657 g/mol. The predicted molar refractivity (Wildman–Crippen MR) is 228 cm³/mol. The van der Waals surface area contributed by atoms with Crippen molar-refractivity contribution in [2.75, 3.05) is 10.6 Å². The topological polar surface area (TPSA) is 33.9 Å². The molecule has 2 unspecified atom stereocenters. The van der Waals surface area contributed by atoms with E-state index in [1.54, 1.807) is 0 Å². The smallest absolute Gasteiger partial charge is 0.129 e. The molecule has 0 spiro atoms. The number of nitrogens with one attached hydrogen (secondary N) is 2. The molecule has 1 aliphatic heterocycles. The van der Waals surface area contributed by atoms with Gasteiger partial charge in [0.2, 0.25) is 0 Å². The molecule has 3 heterocycles. The lowest BCUT2D eigenvalue weighted by Crippen LogP contribution is -2.34. The monoisotopic (exact) mass is 694 g/mol. The summed E-state index contributed by atoms with van der Waals surface area (Å²) >= 11 is 0. The standard InChI is InChI=1S/C50H38N4/c1-4-14-33(15-5-1)37-24-27-40-42-31-36(35-25-28-46-41(30-35)39-20-10-13-23-45(39)53(46)38-18-8-3-9-19-38)26-29-47(42)54(48(40)32-37)50-49(34-16-6-2-7-17-34)51-43-21-11-12-22-44(43)52-50/h1-8,10-18,20-32,49-52H,9,19H2. The Morgan fingerprint density at radius 3 is 1.85 bits per heavy atom. The van der Waals surface area contributed by atoms with Crippen molar-refractivity contribution < 1.29 is 0 Å². The summed E-state index contributed by atoms with van der Waals surface area (Å²) in [5, 5.41) is 13.0. The molecule has 4 heteroatoms. The van der Waals surface area contributed by atoms with Crippen molar-refractivity contribution in [2.24, 2.45) is 0 Å². The average Bonchev–Trinajstić information content (AvgIpc) is 3.76. The Hall–Kier alpha value is -6.78. The molecule has 2 aromatic heterocycles. The van der Waals surface area contributed by atoms with E-state index in [-0.39, 0.29) is 12.2 Å². The molecule has 11 rings (SSSR count). The molecule has 0 saturated heterocycles. The summed E-state index contributed by atoms with van der Waals surface area (Å²) in [4.78, 5) is 0. The van der Waals surface area contributed by atoms with Gasteiger partial charge in [-0.15, -0.1) is 0 Å². The summed E-state index contributed by atoms with van der Waals surface area (Å²) in [7, 11) is 0. The van der Waals surface area contributed by atoms with E-state index in [1.165, 1.54) is 77.1 Å². The largest absolute Gasteiger partial charge is 0.373 e. The fourth-order valence-corrected chi connectivity index (χ4v) is 8.94. The second-order valence-electron chi connectivity index (χ2n) is 14.6. The molecule has 2 aliphatic rings. The number of anilines is 2. The van der Waals surface area contributed by atoms with E-state index in [1.807, 2.05) is 0 Å². The van der Waals surface area contributed by atoms with Crippen molar-refractivity contribution in [2.45, 2.75) is 25.0 Å². The normalized spacial score (nSPS) is 16.7. The first-order chi connectivity index (χ1) is 26.8. The molecule has 9 aromatic rings. The molecule has 0 radical (unpaired) electrons. The maximum atomic E-state index is 3.99. The highest BCUT2D eigenvalue weighted by atomic mass is 15.3. The van der Waals surface area contributed by atoms with Crippen molar-refractivity contribution in [3.63, 3.8) is 0 Å². The van der Waals surface area contributed by atoms with Crippen LogP contribution < -0.4 is 10.6 Å². The Balaban J connectivity index is 1.12. The fraction of sp³-hybridized carbons (Fsp3) is 0.0800. The second kappa shape index (κ2) is 12.4. The van der Waals surface area contributed by atoms with Gasteiger partial charge in [0, 0.05) is 27.2 Å². The minimum absolute atomic E-state index is 0.00514. The molecule has 2 atom stereocenters. The Morgan fingerprint density at radius 1 is 0.463 bits per heavy atom. The summed E-state index contributed by atoms with van der Waals surface area (Å²) in [6.07, 6.45) is 8.75. The third-order valence-electron chi connectivity index (χ3n) is 11.5. The van der Waals surface area contributed by atoms with Crippen LogP contribution in [0.25, 0.3) is 71.6 Å². The predicted octanol–water partition coefficient (Wildman–Crippen LogP) is 13.2. The SMILES string of the molecule is C1=CCCC(n2c3ccccc3c3cc(-c4ccc5c(c4)c4ccc(-c6ccccc6)cc4n5C4Nc5ccccc5NC4c4ccccc4)ccc32)=C1. The van der Waals surface area contributed by atoms with Crippen LogP contribution in [0.2, 0.25) is 0 Å². The van der Waals surface area contributed by atoms with Crippen molar-refractivity contribution in [3.8, 4) is 22.3 Å². The van der Waals surface area contributed by atoms with Gasteiger partial charge >= 0.3 is 0 Å². The van der Waals surface area contributed by atoms with E-state index in [9.17, 15) is 0 Å². The van der Waals surface area contributed by atoms with Gasteiger partial charge in [0.05, 0.1) is 39.5 Å². The number of rotatable bonds is 5. The van der Waals surface area contributed by atoms with Crippen LogP contribution >= 0.6 is 0 Å². The maximum Gasteiger partial charge on any atom is 0.129 e. The lowest BCUT2D eigenvalue weighted by molar-refractivity contribution is 0.506. The van der Waals surface area contributed by atoms with E-state index in [2.05, 4.69) is 202 Å². The summed E-state index contributed by atoms with van der Waals surface area (Å²) in [6, 6.07) is 60.0. The van der Waals surface area contributed by atoms with Crippen molar-refractivity contribution >= 4 is 60.7 Å². The zero-order valence-corrected chi connectivity index (χ0v) is 29.8. The van der Waals surface area contributed by atoms with Crippen LogP contribution in [0.5, 0.6) is 0 Å². The molecule has 54 heavy (non-hydrogen) atoms. The Bertz CT molecular complexity index is 2950. The number of benzene rings is 7. The number of hydrogen-bond acceptors (Lipinski definition) is 2. The van der Waals surface area contributed by atoms with Crippen LogP contribution in [0, 0.1) is 0 Å². The number of allylic oxidation sites excluding steroid dienone is 4. The molecule has 0 bridgehead atoms. The molecule has 7 aromatic carbocycles. The van der Waals surface area contributed by atoms with Crippen LogP contribution in [0.4, 0.5) is 11.4 Å². The van der Waals surface area contributed by atoms with E-state index in [0.717, 1.165) is 24.2 Å². The van der Waals surface area contributed by atoms with E-state index in [0.29, 0.717) is 0 Å². The molecule has 4 nitrogen and oxygen atoms in total. The van der Waals surface area contributed by atoms with Gasteiger partial charge in [-0.05, 0) is 95.3 Å². The maximum absolute atomic E-state index is 3.99. The zero-order chi connectivity index (χ0) is 35.6. The van der Waals surface area contributed by atoms with Crippen LogP contribution in [0.15, 0.2) is 182 Å². The van der Waals surface area contributed by atoms with Gasteiger partial charge in [0.25, 0.3) is 0 Å². The highest BCUT2D eigenvalue weighted by molar-refractivity contribution is 6.13. The molecule has 2 N–H and O–H groups in total. The van der Waals surface area contributed by atoms with Crippen molar-refractivity contribution in [1.29, 1.82) is 0 Å². The minimum Gasteiger partial charge on any atom is -0.373 e. The molecular formula is C50H38N4. The van der Waals surface area contributed by atoms with Gasteiger partial charge in [-0.25, -0.2) is 0 Å². The third kappa shape index (κ3) is 4.91. The number of aromatic nitrogens is 2. The van der Waals surface area contributed by atoms with Crippen LogP contribution in [0.3, 0.4) is 0 Å². The number of hydrogen-bond donors (Lipinski definition) is 2. The number of fused-ring (bicyclic) bond motifs is 7. The summed E-state index contributed by atoms with van der Waals surface area (Å²) in [6.45, 7) is 0. The molecule has 1 aliphatic carbocycles. The lowest BCUT2D eigenvalue weighted by atomic mass is 9.99. The summed E-state index contributed by atoms with van der Waals surface area (Å²) < 4.78 is 5.00. The summed E-state index contributed by atoms with van der Waals surface area (Å²) in [5.41, 5.74) is 14.6. The van der Waals surface area contributed by atoms with E-state index in [4.69, 9.17) is 0 Å². The van der Waals surface area contributed by atoms with Gasteiger partial charge < -0.3 is 19.8 Å². The van der Waals surface area contributed by atoms with Crippen molar-refractivity contribution in [3.05, 3.63) is 188 Å².